The molecule has 0 bridgehead atoms. The molecule has 0 saturated heterocycles. The van der Waals surface area contributed by atoms with Gasteiger partial charge in [-0.1, -0.05) is 0 Å². The zero-order valence-electron chi connectivity index (χ0n) is 8.75. The number of hydrogen-bond acceptors (Lipinski definition) is 4. The number of ether oxygens (including phenoxy) is 2. The third kappa shape index (κ3) is 3.28. The molecule has 1 rings (SSSR count). The zero-order chi connectivity index (χ0) is 11.3. The van der Waals surface area contributed by atoms with E-state index in [0.29, 0.717) is 12.3 Å². The van der Waals surface area contributed by atoms with E-state index in [4.69, 9.17) is 15.2 Å². The molecular weight excluding hydrogens is 217 g/mol. The van der Waals surface area contributed by atoms with E-state index < -0.39 is 5.82 Å². The van der Waals surface area contributed by atoms with Crippen LogP contribution in [-0.2, 0) is 4.74 Å². The SMILES string of the molecule is COCCSc1cc(OC)c(F)cc1N. The van der Waals surface area contributed by atoms with Crippen molar-refractivity contribution in [2.75, 3.05) is 32.3 Å². The van der Waals surface area contributed by atoms with Crippen molar-refractivity contribution in [3.05, 3.63) is 17.9 Å². The van der Waals surface area contributed by atoms with E-state index in [-0.39, 0.29) is 5.75 Å². The number of nitrogen functional groups attached to an aromatic ring is 1. The van der Waals surface area contributed by atoms with E-state index in [1.807, 2.05) is 0 Å². The largest absolute Gasteiger partial charge is 0.494 e. The van der Waals surface area contributed by atoms with Crippen LogP contribution in [0.4, 0.5) is 10.1 Å². The second-order valence-corrected chi connectivity index (χ2v) is 4.00. The average Bonchev–Trinajstić information content (AvgIpc) is 2.21. The highest BCUT2D eigenvalue weighted by Crippen LogP contribution is 2.31. The lowest BCUT2D eigenvalue weighted by Gasteiger charge is -2.08. The van der Waals surface area contributed by atoms with Crippen molar-refractivity contribution in [3.8, 4) is 5.75 Å². The summed E-state index contributed by atoms with van der Waals surface area (Å²) < 4.78 is 23.0. The Morgan fingerprint density at radius 2 is 2.13 bits per heavy atom. The summed E-state index contributed by atoms with van der Waals surface area (Å²) in [6.07, 6.45) is 0. The lowest BCUT2D eigenvalue weighted by atomic mass is 10.3. The van der Waals surface area contributed by atoms with Crippen molar-refractivity contribution in [2.45, 2.75) is 4.90 Å². The van der Waals surface area contributed by atoms with Crippen molar-refractivity contribution in [3.63, 3.8) is 0 Å². The first kappa shape index (κ1) is 12.1. The Hall–Kier alpha value is -0.940. The number of rotatable bonds is 5. The van der Waals surface area contributed by atoms with E-state index in [2.05, 4.69) is 0 Å². The maximum absolute atomic E-state index is 13.2. The summed E-state index contributed by atoms with van der Waals surface area (Å²) in [6.45, 7) is 0.629. The van der Waals surface area contributed by atoms with Crippen LogP contribution in [0.25, 0.3) is 0 Å². The highest BCUT2D eigenvalue weighted by Gasteiger charge is 2.08. The summed E-state index contributed by atoms with van der Waals surface area (Å²) in [7, 11) is 3.06. The maximum atomic E-state index is 13.2. The fourth-order valence-electron chi connectivity index (χ4n) is 1.07. The summed E-state index contributed by atoms with van der Waals surface area (Å²) in [6, 6.07) is 2.87. The minimum atomic E-state index is -0.439. The molecule has 1 aromatic rings. The standard InChI is InChI=1S/C10H14FNO2S/c1-13-3-4-15-10-6-9(14-2)7(11)5-8(10)12/h5-6H,3-4,12H2,1-2H3. The van der Waals surface area contributed by atoms with Gasteiger partial charge in [-0.3, -0.25) is 0 Å². The highest BCUT2D eigenvalue weighted by molar-refractivity contribution is 7.99. The summed E-state index contributed by atoms with van der Waals surface area (Å²) >= 11 is 1.51. The van der Waals surface area contributed by atoms with Crippen LogP contribution in [0.1, 0.15) is 0 Å². The number of benzene rings is 1. The van der Waals surface area contributed by atoms with E-state index in [9.17, 15) is 4.39 Å². The van der Waals surface area contributed by atoms with Crippen molar-refractivity contribution in [2.24, 2.45) is 0 Å². The van der Waals surface area contributed by atoms with Gasteiger partial charge in [-0.2, -0.15) is 0 Å². The van der Waals surface area contributed by atoms with Gasteiger partial charge >= 0.3 is 0 Å². The predicted octanol–water partition coefficient (Wildman–Crippen LogP) is 2.16. The minimum Gasteiger partial charge on any atom is -0.494 e. The number of halogens is 1. The van der Waals surface area contributed by atoms with Crippen LogP contribution in [0.3, 0.4) is 0 Å². The Bertz CT molecular complexity index is 333. The summed E-state index contributed by atoms with van der Waals surface area (Å²) in [5.41, 5.74) is 6.10. The maximum Gasteiger partial charge on any atom is 0.167 e. The second-order valence-electron chi connectivity index (χ2n) is 2.87. The Balaban J connectivity index is 2.78. The van der Waals surface area contributed by atoms with Crippen LogP contribution in [0, 0.1) is 5.82 Å². The molecule has 0 unspecified atom stereocenters. The van der Waals surface area contributed by atoms with Gasteiger partial charge in [0.05, 0.1) is 13.7 Å². The van der Waals surface area contributed by atoms with Crippen LogP contribution in [0.15, 0.2) is 17.0 Å². The average molecular weight is 231 g/mol. The molecule has 5 heteroatoms. The number of methoxy groups -OCH3 is 2. The van der Waals surface area contributed by atoms with Crippen molar-refractivity contribution in [1.82, 2.24) is 0 Å². The molecule has 0 aromatic heterocycles. The van der Waals surface area contributed by atoms with Crippen LogP contribution < -0.4 is 10.5 Å². The summed E-state index contributed by atoms with van der Waals surface area (Å²) in [5, 5.41) is 0. The third-order valence-corrected chi connectivity index (χ3v) is 2.86. The van der Waals surface area contributed by atoms with Crippen LogP contribution in [0.5, 0.6) is 5.75 Å². The molecule has 0 saturated carbocycles. The molecule has 0 atom stereocenters. The van der Waals surface area contributed by atoms with Crippen LogP contribution in [-0.4, -0.2) is 26.6 Å². The van der Waals surface area contributed by atoms with E-state index in [0.717, 1.165) is 10.6 Å². The molecule has 0 aliphatic rings. The van der Waals surface area contributed by atoms with Gasteiger partial charge in [0.25, 0.3) is 0 Å². The number of hydrogen-bond donors (Lipinski definition) is 1. The van der Waals surface area contributed by atoms with Crippen molar-refractivity contribution in [1.29, 1.82) is 0 Å². The van der Waals surface area contributed by atoms with Crippen LogP contribution in [0.2, 0.25) is 0 Å². The van der Waals surface area contributed by atoms with Gasteiger partial charge in [-0.05, 0) is 6.07 Å². The van der Waals surface area contributed by atoms with Gasteiger partial charge in [0.1, 0.15) is 0 Å². The van der Waals surface area contributed by atoms with E-state index in [1.54, 1.807) is 13.2 Å². The number of anilines is 1. The first-order valence-corrected chi connectivity index (χ1v) is 5.42. The van der Waals surface area contributed by atoms with Crippen molar-refractivity contribution < 1.29 is 13.9 Å². The summed E-state index contributed by atoms with van der Waals surface area (Å²) in [4.78, 5) is 0.810. The van der Waals surface area contributed by atoms with Gasteiger partial charge in [0, 0.05) is 29.5 Å². The molecule has 0 fully saturated rings. The Labute approximate surface area is 92.7 Å². The van der Waals surface area contributed by atoms with E-state index >= 15 is 0 Å². The molecule has 0 heterocycles. The lowest BCUT2D eigenvalue weighted by Crippen LogP contribution is -1.97. The topological polar surface area (TPSA) is 44.5 Å². The molecular formula is C10H14FNO2S. The molecule has 15 heavy (non-hydrogen) atoms. The van der Waals surface area contributed by atoms with Gasteiger partial charge in [-0.25, -0.2) is 4.39 Å². The molecule has 84 valence electrons. The van der Waals surface area contributed by atoms with Gasteiger partial charge in [0.15, 0.2) is 11.6 Å². The quantitative estimate of drug-likeness (QED) is 0.479. The molecule has 1 aromatic carbocycles. The molecule has 0 aliphatic heterocycles. The lowest BCUT2D eigenvalue weighted by molar-refractivity contribution is 0.218. The normalized spacial score (nSPS) is 10.3. The molecule has 3 nitrogen and oxygen atoms in total. The number of thioether (sulfide) groups is 1. The fraction of sp³-hybridized carbons (Fsp3) is 0.400. The van der Waals surface area contributed by atoms with E-state index in [1.165, 1.54) is 24.9 Å². The number of nitrogens with two attached hydrogens (primary N) is 1. The monoisotopic (exact) mass is 231 g/mol. The third-order valence-electron chi connectivity index (χ3n) is 1.83. The molecule has 2 N–H and O–H groups in total. The molecule has 0 aliphatic carbocycles. The zero-order valence-corrected chi connectivity index (χ0v) is 9.57. The Kier molecular flexibility index (Phi) is 4.71. The van der Waals surface area contributed by atoms with Crippen molar-refractivity contribution >= 4 is 17.4 Å². The highest BCUT2D eigenvalue weighted by atomic mass is 32.2. The Morgan fingerprint density at radius 1 is 1.40 bits per heavy atom. The fourth-order valence-corrected chi connectivity index (χ4v) is 1.95. The molecule has 0 amide bonds. The second kappa shape index (κ2) is 5.82. The molecule has 0 spiro atoms. The van der Waals surface area contributed by atoms with Gasteiger partial charge in [-0.15, -0.1) is 11.8 Å². The first-order valence-electron chi connectivity index (χ1n) is 4.43. The predicted molar refractivity (Wildman–Crippen MR) is 60.0 cm³/mol. The molecule has 0 radical (unpaired) electrons. The van der Waals surface area contributed by atoms with Gasteiger partial charge in [0.2, 0.25) is 0 Å². The van der Waals surface area contributed by atoms with Crippen LogP contribution >= 0.6 is 11.8 Å². The minimum absolute atomic E-state index is 0.212. The Morgan fingerprint density at radius 3 is 2.73 bits per heavy atom. The smallest absolute Gasteiger partial charge is 0.167 e. The van der Waals surface area contributed by atoms with Gasteiger partial charge < -0.3 is 15.2 Å². The first-order chi connectivity index (χ1) is 7.19. The summed E-state index contributed by atoms with van der Waals surface area (Å²) in [5.74, 6) is 0.547.